The number of unbranched alkanes of at least 4 members (excludes halogenated alkanes) is 1. The highest BCUT2D eigenvalue weighted by Crippen LogP contribution is 2.44. The number of nitrogens with zero attached hydrogens (tertiary/aromatic N) is 4. The average molecular weight is 548 g/mol. The molecule has 4 N–H and O–H groups in total. The number of amides is 1. The lowest BCUT2D eigenvalue weighted by Crippen LogP contribution is -2.09. The number of aromatic nitrogens is 3. The number of phosphoric ester groups is 1. The van der Waals surface area contributed by atoms with Gasteiger partial charge in [-0.2, -0.15) is 0 Å². The molecule has 0 bridgehead atoms. The summed E-state index contributed by atoms with van der Waals surface area (Å²) in [6.45, 7) is 6.28. The van der Waals surface area contributed by atoms with Crippen LogP contribution in [-0.4, -0.2) is 41.2 Å². The topological polar surface area (TPSA) is 144 Å². The number of pyridine rings is 1. The molecule has 1 saturated heterocycles. The van der Waals surface area contributed by atoms with E-state index in [0.29, 0.717) is 23.4 Å². The van der Waals surface area contributed by atoms with Gasteiger partial charge in [0.25, 0.3) is 5.91 Å². The molecule has 0 saturated carbocycles. The number of benzene rings is 2. The first kappa shape index (κ1) is 26.7. The molecule has 1 amide bonds. The van der Waals surface area contributed by atoms with Crippen LogP contribution in [0.15, 0.2) is 36.4 Å². The van der Waals surface area contributed by atoms with Crippen molar-refractivity contribution in [3.8, 4) is 18.1 Å². The first-order chi connectivity index (χ1) is 18.5. The minimum absolute atomic E-state index is 0.00473. The summed E-state index contributed by atoms with van der Waals surface area (Å²) >= 11 is 0. The summed E-state index contributed by atoms with van der Waals surface area (Å²) in [5, 5.41) is 0.873. The van der Waals surface area contributed by atoms with Gasteiger partial charge in [-0.3, -0.25) is 14.6 Å². The SMILES string of the molecule is C#CC(=O)N1C(C)C1c1ccc2nc(N)c3nc(CCCC)n(Cc4ccc(OP(=O)(O)O)c(C)c4)c3c2c1. The van der Waals surface area contributed by atoms with Crippen LogP contribution in [0.25, 0.3) is 21.9 Å². The highest BCUT2D eigenvalue weighted by Gasteiger charge is 2.48. The molecule has 0 aliphatic carbocycles. The molecule has 2 aromatic carbocycles. The normalized spacial score (nSPS) is 17.0. The number of hydrogen-bond donors (Lipinski definition) is 3. The van der Waals surface area contributed by atoms with Crippen molar-refractivity contribution in [2.45, 2.75) is 58.7 Å². The number of hydrogen-bond acceptors (Lipinski definition) is 6. The fraction of sp³-hybridized carbons (Fsp3) is 0.321. The molecule has 10 nitrogen and oxygen atoms in total. The summed E-state index contributed by atoms with van der Waals surface area (Å²) in [6, 6.07) is 11.0. The van der Waals surface area contributed by atoms with Crippen molar-refractivity contribution in [3.63, 3.8) is 0 Å². The highest BCUT2D eigenvalue weighted by atomic mass is 31.2. The Labute approximate surface area is 226 Å². The van der Waals surface area contributed by atoms with Crippen molar-refractivity contribution < 1.29 is 23.7 Å². The molecule has 0 radical (unpaired) electrons. The molecule has 2 atom stereocenters. The van der Waals surface area contributed by atoms with E-state index in [4.69, 9.17) is 21.7 Å². The molecular formula is C28H30N5O5P. The van der Waals surface area contributed by atoms with E-state index in [1.54, 1.807) is 24.0 Å². The van der Waals surface area contributed by atoms with Gasteiger partial charge in [-0.1, -0.05) is 31.5 Å². The smallest absolute Gasteiger partial charge is 0.404 e. The van der Waals surface area contributed by atoms with Crippen LogP contribution in [0.3, 0.4) is 0 Å². The van der Waals surface area contributed by atoms with Crippen molar-refractivity contribution >= 4 is 41.5 Å². The van der Waals surface area contributed by atoms with Gasteiger partial charge in [-0.15, -0.1) is 6.42 Å². The number of carbonyl (C=O) groups is 1. The Morgan fingerprint density at radius 2 is 2.00 bits per heavy atom. The Morgan fingerprint density at radius 3 is 2.67 bits per heavy atom. The number of nitrogen functional groups attached to an aromatic ring is 1. The van der Waals surface area contributed by atoms with Gasteiger partial charge >= 0.3 is 7.82 Å². The van der Waals surface area contributed by atoms with Crippen LogP contribution in [-0.2, 0) is 22.3 Å². The molecule has 2 aromatic heterocycles. The van der Waals surface area contributed by atoms with E-state index in [0.717, 1.165) is 52.6 Å². The Bertz CT molecular complexity index is 1700. The number of aryl methyl sites for hydroxylation is 2. The molecule has 39 heavy (non-hydrogen) atoms. The minimum Gasteiger partial charge on any atom is -0.404 e. The lowest BCUT2D eigenvalue weighted by Gasteiger charge is -2.14. The molecule has 1 aliphatic rings. The van der Waals surface area contributed by atoms with E-state index in [-0.39, 0.29) is 23.7 Å². The number of rotatable bonds is 8. The van der Waals surface area contributed by atoms with E-state index < -0.39 is 7.82 Å². The fourth-order valence-electron chi connectivity index (χ4n) is 5.25. The zero-order chi connectivity index (χ0) is 28.1. The lowest BCUT2D eigenvalue weighted by molar-refractivity contribution is -0.120. The van der Waals surface area contributed by atoms with E-state index in [1.807, 2.05) is 31.2 Å². The number of nitrogens with two attached hydrogens (primary N) is 1. The number of anilines is 1. The van der Waals surface area contributed by atoms with Gasteiger partial charge in [0.15, 0.2) is 5.82 Å². The van der Waals surface area contributed by atoms with Gasteiger partial charge in [0, 0.05) is 18.4 Å². The quantitative estimate of drug-likeness (QED) is 0.169. The fourth-order valence-corrected chi connectivity index (χ4v) is 5.71. The van der Waals surface area contributed by atoms with E-state index in [2.05, 4.69) is 22.4 Å². The third-order valence-electron chi connectivity index (χ3n) is 7.16. The van der Waals surface area contributed by atoms with Crippen molar-refractivity contribution in [2.75, 3.05) is 5.73 Å². The summed E-state index contributed by atoms with van der Waals surface area (Å²) in [4.78, 5) is 41.8. The summed E-state index contributed by atoms with van der Waals surface area (Å²) in [5.74, 6) is 3.21. The van der Waals surface area contributed by atoms with Crippen LogP contribution in [0.2, 0.25) is 0 Å². The molecule has 202 valence electrons. The highest BCUT2D eigenvalue weighted by molar-refractivity contribution is 7.46. The number of phosphoric acid groups is 1. The average Bonchev–Trinajstić information content (AvgIpc) is 3.42. The van der Waals surface area contributed by atoms with Crippen LogP contribution in [0.4, 0.5) is 5.82 Å². The maximum Gasteiger partial charge on any atom is 0.524 e. The Balaban J connectivity index is 1.64. The van der Waals surface area contributed by atoms with Crippen LogP contribution in [0.1, 0.15) is 55.2 Å². The second-order valence-corrected chi connectivity index (χ2v) is 11.1. The van der Waals surface area contributed by atoms with E-state index in [1.165, 1.54) is 0 Å². The van der Waals surface area contributed by atoms with Crippen molar-refractivity contribution in [3.05, 3.63) is 58.9 Å². The van der Waals surface area contributed by atoms with Gasteiger partial charge in [0.05, 0.1) is 23.1 Å². The third-order valence-corrected chi connectivity index (χ3v) is 7.60. The molecule has 2 unspecified atom stereocenters. The molecule has 5 rings (SSSR count). The standard InChI is InChI=1S/C28H30N5O5P/c1-5-7-8-23-31-25-27(32(23)15-18-9-12-22(16(3)13-18)38-39(35,36)37)20-14-19(10-11-21(20)30-28(25)29)26-17(4)33(26)24(34)6-2/h2,9-14,17,26H,5,7-8,15H2,1,3-4H3,(H2,29,30)(H2,35,36,37). The molecule has 11 heteroatoms. The predicted molar refractivity (Wildman–Crippen MR) is 149 cm³/mol. The van der Waals surface area contributed by atoms with Crippen molar-refractivity contribution in [2.24, 2.45) is 0 Å². The lowest BCUT2D eigenvalue weighted by atomic mass is 10.1. The van der Waals surface area contributed by atoms with Gasteiger partial charge in [0.2, 0.25) is 0 Å². The molecule has 4 aromatic rings. The van der Waals surface area contributed by atoms with Gasteiger partial charge in [-0.05, 0) is 61.1 Å². The Kier molecular flexibility index (Phi) is 6.85. The Morgan fingerprint density at radius 1 is 1.23 bits per heavy atom. The number of imidazole rings is 1. The third kappa shape index (κ3) is 5.09. The minimum atomic E-state index is -4.67. The zero-order valence-electron chi connectivity index (χ0n) is 22.0. The van der Waals surface area contributed by atoms with Gasteiger partial charge in [0.1, 0.15) is 17.1 Å². The monoisotopic (exact) mass is 547 g/mol. The number of carbonyl (C=O) groups excluding carboxylic acids is 1. The second-order valence-electron chi connectivity index (χ2n) is 9.91. The maximum atomic E-state index is 12.2. The summed E-state index contributed by atoms with van der Waals surface area (Å²) < 4.78 is 18.3. The van der Waals surface area contributed by atoms with Crippen LogP contribution < -0.4 is 10.3 Å². The van der Waals surface area contributed by atoms with Gasteiger partial charge < -0.3 is 19.7 Å². The molecule has 3 heterocycles. The first-order valence-corrected chi connectivity index (χ1v) is 14.3. The second kappa shape index (κ2) is 10.0. The largest absolute Gasteiger partial charge is 0.524 e. The molecule has 0 spiro atoms. The summed E-state index contributed by atoms with van der Waals surface area (Å²) in [7, 11) is -4.67. The van der Waals surface area contributed by atoms with Gasteiger partial charge in [-0.25, -0.2) is 14.5 Å². The van der Waals surface area contributed by atoms with Crippen molar-refractivity contribution in [1.29, 1.82) is 0 Å². The zero-order valence-corrected chi connectivity index (χ0v) is 22.9. The summed E-state index contributed by atoms with van der Waals surface area (Å²) in [6.07, 6.45) is 8.04. The van der Waals surface area contributed by atoms with Crippen LogP contribution >= 0.6 is 7.82 Å². The van der Waals surface area contributed by atoms with Crippen LogP contribution in [0, 0.1) is 19.3 Å². The van der Waals surface area contributed by atoms with E-state index >= 15 is 0 Å². The molecule has 1 fully saturated rings. The first-order valence-electron chi connectivity index (χ1n) is 12.7. The van der Waals surface area contributed by atoms with E-state index in [9.17, 15) is 19.1 Å². The molecule has 1 aliphatic heterocycles. The molecular weight excluding hydrogens is 517 g/mol. The summed E-state index contributed by atoms with van der Waals surface area (Å²) in [5.41, 5.74) is 11.0. The van der Waals surface area contributed by atoms with Crippen molar-refractivity contribution in [1.82, 2.24) is 19.4 Å². The van der Waals surface area contributed by atoms with Crippen LogP contribution in [0.5, 0.6) is 5.75 Å². The number of terminal acetylenes is 1. The predicted octanol–water partition coefficient (Wildman–Crippen LogP) is 4.24. The maximum absolute atomic E-state index is 12.2. The number of fused-ring (bicyclic) bond motifs is 3. The Hall–Kier alpha value is -3.90.